The first kappa shape index (κ1) is 26.0. The molecule has 2 aromatic heterocycles. The number of nitrogens with zero attached hydrogens (tertiary/aromatic N) is 4. The van der Waals surface area contributed by atoms with E-state index in [0.29, 0.717) is 6.42 Å². The summed E-state index contributed by atoms with van der Waals surface area (Å²) in [6.45, 7) is 3.15. The van der Waals surface area contributed by atoms with Crippen molar-refractivity contribution < 1.29 is 9.59 Å². The van der Waals surface area contributed by atoms with Crippen LogP contribution in [0.3, 0.4) is 0 Å². The first-order valence-electron chi connectivity index (χ1n) is 14.6. The monoisotopic (exact) mass is 556 g/mol. The van der Waals surface area contributed by atoms with Crippen LogP contribution in [0.15, 0.2) is 66.7 Å². The van der Waals surface area contributed by atoms with E-state index in [1.807, 2.05) is 76.5 Å². The van der Waals surface area contributed by atoms with Gasteiger partial charge in [-0.05, 0) is 67.6 Å². The number of carbonyl (C=O) groups excluding carboxylic acids is 2. The molecule has 0 spiro atoms. The summed E-state index contributed by atoms with van der Waals surface area (Å²) in [5, 5.41) is 0. The predicted molar refractivity (Wildman–Crippen MR) is 161 cm³/mol. The Morgan fingerprint density at radius 1 is 0.786 bits per heavy atom. The molecule has 4 heterocycles. The molecule has 8 nitrogen and oxygen atoms in total. The third-order valence-electron chi connectivity index (χ3n) is 8.41. The molecule has 7 rings (SSSR count). The highest BCUT2D eigenvalue weighted by atomic mass is 16.2. The van der Waals surface area contributed by atoms with Gasteiger partial charge in [-0.15, -0.1) is 0 Å². The van der Waals surface area contributed by atoms with Gasteiger partial charge in [0.15, 0.2) is 0 Å². The van der Waals surface area contributed by atoms with Crippen LogP contribution in [0.5, 0.6) is 0 Å². The summed E-state index contributed by atoms with van der Waals surface area (Å²) in [4.78, 5) is 45.5. The van der Waals surface area contributed by atoms with Gasteiger partial charge in [-0.25, -0.2) is 9.97 Å². The molecule has 5 aromatic rings. The zero-order valence-corrected chi connectivity index (χ0v) is 23.6. The van der Waals surface area contributed by atoms with Gasteiger partial charge in [-0.1, -0.05) is 42.2 Å². The maximum absolute atomic E-state index is 13.1. The second-order valence-corrected chi connectivity index (χ2v) is 11.2. The fourth-order valence-corrected chi connectivity index (χ4v) is 6.32. The molecule has 3 aromatic carbocycles. The van der Waals surface area contributed by atoms with E-state index in [4.69, 9.17) is 9.97 Å². The molecule has 2 N–H and O–H groups in total. The Hall–Kier alpha value is -4.90. The van der Waals surface area contributed by atoms with Crippen LogP contribution < -0.4 is 0 Å². The summed E-state index contributed by atoms with van der Waals surface area (Å²) in [7, 11) is 0. The Bertz CT molecular complexity index is 1860. The van der Waals surface area contributed by atoms with E-state index in [0.717, 1.165) is 89.2 Å². The molecule has 2 saturated heterocycles. The highest BCUT2D eigenvalue weighted by Gasteiger charge is 2.32. The van der Waals surface area contributed by atoms with E-state index in [1.165, 1.54) is 0 Å². The first-order chi connectivity index (χ1) is 20.5. The van der Waals surface area contributed by atoms with E-state index in [9.17, 15) is 9.59 Å². The number of aromatic nitrogens is 4. The summed E-state index contributed by atoms with van der Waals surface area (Å²) in [6, 6.07) is 21.8. The minimum atomic E-state index is -0.0408. The van der Waals surface area contributed by atoms with Crippen LogP contribution in [-0.2, 0) is 16.0 Å². The van der Waals surface area contributed by atoms with Crippen molar-refractivity contribution in [1.82, 2.24) is 29.7 Å². The molecule has 0 aliphatic carbocycles. The Balaban J connectivity index is 1.09. The van der Waals surface area contributed by atoms with Gasteiger partial charge >= 0.3 is 0 Å². The van der Waals surface area contributed by atoms with Crippen molar-refractivity contribution in [2.45, 2.75) is 51.1 Å². The largest absolute Gasteiger partial charge is 0.340 e. The number of H-pyrrole nitrogens is 2. The normalized spacial score (nSPS) is 18.5. The number of benzene rings is 3. The number of hydrogen-bond acceptors (Lipinski definition) is 4. The van der Waals surface area contributed by atoms with Crippen molar-refractivity contribution in [1.29, 1.82) is 0 Å². The van der Waals surface area contributed by atoms with Gasteiger partial charge in [-0.3, -0.25) is 9.59 Å². The van der Waals surface area contributed by atoms with Crippen molar-refractivity contribution in [2.24, 2.45) is 0 Å². The molecule has 0 saturated carbocycles. The lowest BCUT2D eigenvalue weighted by Crippen LogP contribution is -2.32. The van der Waals surface area contributed by atoms with E-state index >= 15 is 0 Å². The Morgan fingerprint density at radius 2 is 1.33 bits per heavy atom. The number of amides is 2. The van der Waals surface area contributed by atoms with Crippen LogP contribution in [0.4, 0.5) is 0 Å². The van der Waals surface area contributed by atoms with Gasteiger partial charge in [0.05, 0.1) is 40.6 Å². The zero-order valence-electron chi connectivity index (χ0n) is 23.6. The van der Waals surface area contributed by atoms with Crippen LogP contribution in [0.25, 0.3) is 22.1 Å². The van der Waals surface area contributed by atoms with Gasteiger partial charge in [0.2, 0.25) is 11.8 Å². The lowest BCUT2D eigenvalue weighted by Gasteiger charge is -2.23. The Labute approximate surface area is 244 Å². The summed E-state index contributed by atoms with van der Waals surface area (Å²) in [6.07, 6.45) is 4.19. The fourth-order valence-electron chi connectivity index (χ4n) is 6.32. The van der Waals surface area contributed by atoms with Crippen LogP contribution in [-0.4, -0.2) is 54.6 Å². The number of imidazole rings is 2. The van der Waals surface area contributed by atoms with Crippen LogP contribution in [0.2, 0.25) is 0 Å². The molecule has 2 fully saturated rings. The minimum absolute atomic E-state index is 0.00810. The highest BCUT2D eigenvalue weighted by molar-refractivity contribution is 5.81. The van der Waals surface area contributed by atoms with Crippen molar-refractivity contribution in [2.75, 3.05) is 13.1 Å². The smallest absolute Gasteiger partial charge is 0.227 e. The molecule has 210 valence electrons. The Kier molecular flexibility index (Phi) is 6.71. The molecule has 8 heteroatoms. The van der Waals surface area contributed by atoms with Crippen molar-refractivity contribution in [3.8, 4) is 11.8 Å². The summed E-state index contributed by atoms with van der Waals surface area (Å²) in [5.74, 6) is 8.46. The van der Waals surface area contributed by atoms with Crippen molar-refractivity contribution in [3.63, 3.8) is 0 Å². The van der Waals surface area contributed by atoms with E-state index in [-0.39, 0.29) is 23.9 Å². The zero-order chi connectivity index (χ0) is 28.6. The number of aromatic amines is 2. The van der Waals surface area contributed by atoms with Gasteiger partial charge in [-0.2, -0.15) is 0 Å². The third-order valence-corrected chi connectivity index (χ3v) is 8.41. The quantitative estimate of drug-likeness (QED) is 0.289. The fraction of sp³-hybridized carbons (Fsp3) is 0.294. The van der Waals surface area contributed by atoms with Crippen molar-refractivity contribution in [3.05, 3.63) is 95.1 Å². The van der Waals surface area contributed by atoms with E-state index in [1.54, 1.807) is 6.92 Å². The maximum Gasteiger partial charge on any atom is 0.227 e. The van der Waals surface area contributed by atoms with Crippen molar-refractivity contribution >= 4 is 33.9 Å². The molecule has 0 bridgehead atoms. The lowest BCUT2D eigenvalue weighted by molar-refractivity contribution is -0.131. The Morgan fingerprint density at radius 3 is 1.90 bits per heavy atom. The minimum Gasteiger partial charge on any atom is -0.340 e. The first-order valence-corrected chi connectivity index (χ1v) is 14.6. The molecule has 2 aliphatic heterocycles. The molecular formula is C34H32N6O2. The molecule has 2 amide bonds. The maximum atomic E-state index is 13.1. The number of nitrogens with one attached hydrogen (secondary N) is 2. The molecular weight excluding hydrogens is 524 g/mol. The third kappa shape index (κ3) is 5.03. The number of fused-ring (bicyclic) bond motifs is 2. The molecule has 2 aliphatic rings. The highest BCUT2D eigenvalue weighted by Crippen LogP contribution is 2.33. The second kappa shape index (κ2) is 10.8. The number of carbonyl (C=O) groups is 2. The van der Waals surface area contributed by atoms with E-state index in [2.05, 4.69) is 21.8 Å². The average Bonchev–Trinajstić information content (AvgIpc) is 3.80. The predicted octanol–water partition coefficient (Wildman–Crippen LogP) is 5.43. The van der Waals surface area contributed by atoms with Crippen LogP contribution >= 0.6 is 0 Å². The summed E-state index contributed by atoms with van der Waals surface area (Å²) < 4.78 is 0. The number of hydrogen-bond donors (Lipinski definition) is 2. The molecule has 0 radical (unpaired) electrons. The van der Waals surface area contributed by atoms with Crippen LogP contribution in [0, 0.1) is 11.8 Å². The van der Waals surface area contributed by atoms with Gasteiger partial charge < -0.3 is 19.8 Å². The standard InChI is InChI=1S/C34H32N6O2/c1-22(41)39-17-5-9-30(39)33-35-26-15-13-24(19-28(26)37-33)11-12-25-14-16-27-29(20-25)38-34(36-27)31-10-6-18-40(31)32(42)21-23-7-3-2-4-8-23/h2-4,7-8,13-16,19-20,30-31H,5-6,9-10,17-18,21H2,1H3,(H,35,37)(H,36,38)/t30-,31-/m0/s1. The van der Waals surface area contributed by atoms with E-state index < -0.39 is 0 Å². The number of likely N-dealkylation sites (tertiary alicyclic amines) is 2. The number of rotatable bonds is 4. The topological polar surface area (TPSA) is 98.0 Å². The SMILES string of the molecule is CC(=O)N1CCC[C@H]1c1nc2ccc(C#Cc3ccc4nc([C@@H]5CCCN5C(=O)Cc5ccccc5)[nH]c4c3)cc2[nH]1. The summed E-state index contributed by atoms with van der Waals surface area (Å²) >= 11 is 0. The second-order valence-electron chi connectivity index (χ2n) is 11.2. The summed E-state index contributed by atoms with van der Waals surface area (Å²) in [5.41, 5.74) is 6.38. The van der Waals surface area contributed by atoms with Gasteiger partial charge in [0, 0.05) is 31.1 Å². The average molecular weight is 557 g/mol. The van der Waals surface area contributed by atoms with Gasteiger partial charge in [0.1, 0.15) is 11.6 Å². The molecule has 2 atom stereocenters. The van der Waals surface area contributed by atoms with Crippen LogP contribution in [0.1, 0.15) is 73.0 Å². The molecule has 0 unspecified atom stereocenters. The van der Waals surface area contributed by atoms with Gasteiger partial charge in [0.25, 0.3) is 0 Å². The lowest BCUT2D eigenvalue weighted by atomic mass is 10.1. The molecule has 42 heavy (non-hydrogen) atoms.